The van der Waals surface area contributed by atoms with E-state index in [1.165, 1.54) is 12.5 Å². The number of nitrogens with one attached hydrogen (secondary N) is 12. The van der Waals surface area contributed by atoms with E-state index in [1.807, 2.05) is 21.3 Å². The summed E-state index contributed by atoms with van der Waals surface area (Å²) in [4.78, 5) is 223. The summed E-state index contributed by atoms with van der Waals surface area (Å²) in [5.74, 6) is -22.4. The fourth-order valence-electron chi connectivity index (χ4n) is 7.27. The average molecular weight is 1230 g/mol. The SMILES string of the molecule is CC(=O)N[C@H](C(=O)N[C@@H](CCC(N)=O)C(=O)N[C@@H](CC(=O)O)C(=O)N[C@@H](C)C(=O)N[C@@H](CCC(=O)O)C(=O)N[C@@H](CC(=O)O)C(=O)N[C@@H](CC(N)=O)C(=O)N[C@H](C(=O)N[C@@H](C)C(=O)N[C@@H](CO)C(=O)N[C@@H](Cc1c[nH]cn1)C(N)=O)[C@@H](C)O)[C@@H](C)O. The maximum Gasteiger partial charge on any atom is 0.305 e. The lowest BCUT2D eigenvalue weighted by Gasteiger charge is -2.27. The summed E-state index contributed by atoms with van der Waals surface area (Å²) in [6, 6.07) is -20.5. The Labute approximate surface area is 486 Å². The summed E-state index contributed by atoms with van der Waals surface area (Å²) < 4.78 is 0. The highest BCUT2D eigenvalue weighted by atomic mass is 16.4. The van der Waals surface area contributed by atoms with E-state index in [9.17, 15) is 112 Å². The lowest BCUT2D eigenvalue weighted by molar-refractivity contribution is -0.142. The van der Waals surface area contributed by atoms with Crippen LogP contribution in [0.1, 0.15) is 85.3 Å². The first-order valence-electron chi connectivity index (χ1n) is 25.7. The van der Waals surface area contributed by atoms with Crippen molar-refractivity contribution in [2.75, 3.05) is 6.61 Å². The van der Waals surface area contributed by atoms with Crippen molar-refractivity contribution in [2.45, 2.75) is 165 Å². The van der Waals surface area contributed by atoms with Gasteiger partial charge in [0.15, 0.2) is 0 Å². The fraction of sp³-hybridized carbons (Fsp3) is 0.574. The van der Waals surface area contributed by atoms with Crippen molar-refractivity contribution in [3.8, 4) is 0 Å². The van der Waals surface area contributed by atoms with Crippen LogP contribution >= 0.6 is 0 Å². The molecule has 0 aliphatic heterocycles. The van der Waals surface area contributed by atoms with Crippen LogP contribution in [0.3, 0.4) is 0 Å². The molecule has 0 aromatic carbocycles. The van der Waals surface area contributed by atoms with Crippen molar-refractivity contribution in [1.29, 1.82) is 0 Å². The third-order valence-electron chi connectivity index (χ3n) is 11.8. The Balaban J connectivity index is 3.33. The maximum absolute atomic E-state index is 13.7. The second-order valence-electron chi connectivity index (χ2n) is 19.2. The van der Waals surface area contributed by atoms with Gasteiger partial charge in [0.2, 0.25) is 82.7 Å². The van der Waals surface area contributed by atoms with Crippen molar-refractivity contribution in [3.05, 3.63) is 18.2 Å². The number of hydrogen-bond donors (Lipinski definition) is 21. The molecule has 24 N–H and O–H groups in total. The number of aliphatic hydroxyl groups excluding tert-OH is 3. The molecule has 0 unspecified atom stereocenters. The van der Waals surface area contributed by atoms with Crippen molar-refractivity contribution in [3.63, 3.8) is 0 Å². The third kappa shape index (κ3) is 27.0. The van der Waals surface area contributed by atoms with Crippen LogP contribution in [-0.4, -0.2) is 226 Å². The van der Waals surface area contributed by atoms with E-state index in [0.29, 0.717) is 5.69 Å². The summed E-state index contributed by atoms with van der Waals surface area (Å²) in [5, 5.41) is 81.9. The zero-order valence-corrected chi connectivity index (χ0v) is 46.8. The molecule has 0 fully saturated rings. The number of carbonyl (C=O) groups is 17. The van der Waals surface area contributed by atoms with Gasteiger partial charge in [-0.15, -0.1) is 0 Å². The lowest BCUT2D eigenvalue weighted by atomic mass is 10.1. The van der Waals surface area contributed by atoms with Gasteiger partial charge in [-0.1, -0.05) is 0 Å². The number of carbonyl (C=O) groups excluding carboxylic acids is 14. The number of aromatic amines is 1. The van der Waals surface area contributed by atoms with Crippen LogP contribution in [0.15, 0.2) is 12.5 Å². The molecule has 0 aliphatic rings. The van der Waals surface area contributed by atoms with Crippen molar-refractivity contribution < 1.29 is 112 Å². The molecular formula is C47H72N16O23. The number of aliphatic carboxylic acids is 3. The van der Waals surface area contributed by atoms with Gasteiger partial charge in [0.1, 0.15) is 66.5 Å². The van der Waals surface area contributed by atoms with E-state index in [0.717, 1.165) is 34.6 Å². The second kappa shape index (κ2) is 35.9. The molecule has 86 heavy (non-hydrogen) atoms. The van der Waals surface area contributed by atoms with Gasteiger partial charge in [0.05, 0.1) is 50.1 Å². The standard InChI is InChI=1S/C47H72N16O23/c1-17(53-42(81)27(12-33(72)73)60-40(79)23(6-8-30(48)68)57-47(86)35(19(3)65)55-21(5)67)38(77)56-24(7-9-32(70)71)41(80)61-28(13-34(74)75)43(82)59-26(11-31(49)69)44(83)63-36(20(4)66)46(85)54-18(2)39(78)62-29(15-64)45(84)58-25(37(50)76)10-22-14-51-16-52-22/h14,16-20,23-29,35-36,64-66H,6-13,15H2,1-5H3,(H2,48,68)(H2,49,69)(H2,50,76)(H,51,52)(H,53,81)(H,54,85)(H,55,67)(H,56,77)(H,57,86)(H,58,84)(H,59,82)(H,60,79)(H,61,80)(H,62,78)(H,63,83)(H,70,71)(H,72,73)(H,74,75)/t17-,18-,19+,20+,23-,24-,25-,26-,27-,28-,29-,35-,36-/m0/s1. The van der Waals surface area contributed by atoms with Crippen LogP contribution in [0, 0.1) is 0 Å². The monoisotopic (exact) mass is 1230 g/mol. The van der Waals surface area contributed by atoms with Gasteiger partial charge in [-0.25, -0.2) is 4.98 Å². The molecule has 0 saturated carbocycles. The number of hydrogen-bond acceptors (Lipinski definition) is 21. The molecule has 1 aromatic heterocycles. The quantitative estimate of drug-likeness (QED) is 0.0291. The lowest BCUT2D eigenvalue weighted by Crippen LogP contribution is -2.62. The highest BCUT2D eigenvalue weighted by Gasteiger charge is 2.38. The van der Waals surface area contributed by atoms with Gasteiger partial charge in [0, 0.05) is 32.4 Å². The van der Waals surface area contributed by atoms with Crippen LogP contribution in [0.5, 0.6) is 0 Å². The first-order valence-corrected chi connectivity index (χ1v) is 25.7. The maximum atomic E-state index is 13.7. The molecule has 14 amide bonds. The number of aliphatic hydroxyl groups is 3. The van der Waals surface area contributed by atoms with Gasteiger partial charge >= 0.3 is 17.9 Å². The molecule has 0 saturated heterocycles. The average Bonchev–Trinajstić information content (AvgIpc) is 3.04. The van der Waals surface area contributed by atoms with Crippen molar-refractivity contribution in [2.24, 2.45) is 17.2 Å². The number of primary amides is 3. The highest BCUT2D eigenvalue weighted by Crippen LogP contribution is 2.08. The number of rotatable bonds is 39. The number of amides is 14. The zero-order valence-electron chi connectivity index (χ0n) is 46.8. The summed E-state index contributed by atoms with van der Waals surface area (Å²) >= 11 is 0. The van der Waals surface area contributed by atoms with Crippen LogP contribution in [0.25, 0.3) is 0 Å². The summed E-state index contributed by atoms with van der Waals surface area (Å²) in [6.07, 6.45) is -7.38. The van der Waals surface area contributed by atoms with Crippen molar-refractivity contribution >= 4 is 101 Å². The van der Waals surface area contributed by atoms with Gasteiger partial charge in [-0.05, 0) is 40.5 Å². The predicted molar refractivity (Wildman–Crippen MR) is 284 cm³/mol. The molecule has 0 bridgehead atoms. The Morgan fingerprint density at radius 2 is 0.826 bits per heavy atom. The van der Waals surface area contributed by atoms with Crippen LogP contribution in [0.4, 0.5) is 0 Å². The molecule has 39 heteroatoms. The Hall–Kier alpha value is -9.92. The minimum atomic E-state index is -2.26. The minimum Gasteiger partial charge on any atom is -0.481 e. The molecule has 13 atom stereocenters. The number of aromatic nitrogens is 2. The number of nitrogens with two attached hydrogens (primary N) is 3. The van der Waals surface area contributed by atoms with E-state index in [1.54, 1.807) is 0 Å². The van der Waals surface area contributed by atoms with Gasteiger partial charge in [-0.2, -0.15) is 0 Å². The Kier molecular flexibility index (Phi) is 31.0. The number of H-pyrrole nitrogens is 1. The summed E-state index contributed by atoms with van der Waals surface area (Å²) in [5.41, 5.74) is 16.2. The van der Waals surface area contributed by atoms with E-state index < -0.39 is 231 Å². The Morgan fingerprint density at radius 1 is 0.453 bits per heavy atom. The summed E-state index contributed by atoms with van der Waals surface area (Å²) in [7, 11) is 0. The second-order valence-corrected chi connectivity index (χ2v) is 19.2. The van der Waals surface area contributed by atoms with E-state index in [4.69, 9.17) is 17.2 Å². The first-order chi connectivity index (χ1) is 40.0. The van der Waals surface area contributed by atoms with Gasteiger partial charge < -0.3 is 111 Å². The first kappa shape index (κ1) is 74.1. The van der Waals surface area contributed by atoms with E-state index in [-0.39, 0.29) is 6.42 Å². The molecule has 0 aliphatic carbocycles. The topological polar surface area (TPSA) is 651 Å². The molecule has 39 nitrogen and oxygen atoms in total. The molecule has 478 valence electrons. The zero-order chi connectivity index (χ0) is 65.9. The van der Waals surface area contributed by atoms with Crippen molar-refractivity contribution in [1.82, 2.24) is 68.5 Å². The molecule has 0 spiro atoms. The predicted octanol–water partition coefficient (Wildman–Crippen LogP) is -11.5. The smallest absolute Gasteiger partial charge is 0.305 e. The van der Waals surface area contributed by atoms with Crippen LogP contribution < -0.4 is 75.7 Å². The van der Waals surface area contributed by atoms with E-state index in [2.05, 4.69) is 47.2 Å². The molecule has 0 radical (unpaired) electrons. The normalized spacial score (nSPS) is 15.4. The summed E-state index contributed by atoms with van der Waals surface area (Å²) in [6.45, 7) is 4.06. The number of carboxylic acids is 3. The highest BCUT2D eigenvalue weighted by molar-refractivity contribution is 6.01. The number of imidazole rings is 1. The minimum absolute atomic E-state index is 0.183. The third-order valence-corrected chi connectivity index (χ3v) is 11.8. The van der Waals surface area contributed by atoms with Gasteiger partial charge in [0.25, 0.3) is 0 Å². The molecule has 1 aromatic rings. The molecule has 1 rings (SSSR count). The number of nitrogens with zero attached hydrogens (tertiary/aromatic N) is 1. The molecular weight excluding hydrogens is 1160 g/mol. The largest absolute Gasteiger partial charge is 0.481 e. The van der Waals surface area contributed by atoms with Crippen LogP contribution in [0.2, 0.25) is 0 Å². The van der Waals surface area contributed by atoms with E-state index >= 15 is 0 Å². The number of carboxylic acid groups (broad SMARTS) is 3. The van der Waals surface area contributed by atoms with Crippen LogP contribution in [-0.2, 0) is 87.9 Å². The Bertz CT molecular complexity index is 2670. The molecule has 1 heterocycles. The fourth-order valence-corrected chi connectivity index (χ4v) is 7.27. The van der Waals surface area contributed by atoms with Gasteiger partial charge in [-0.3, -0.25) is 81.5 Å². The Morgan fingerprint density at radius 3 is 1.23 bits per heavy atom.